The number of ketones is 1. The SMILES string of the molecule is COc1ccc(C(=O)[C@@H]2[C@H](c3ccc(Cl)cc3)c3sc(=O)[nH]c3S[C@H]2C(=O)O)cc1. The van der Waals surface area contributed by atoms with Gasteiger partial charge >= 0.3 is 10.8 Å². The highest BCUT2D eigenvalue weighted by Crippen LogP contribution is 2.50. The molecule has 30 heavy (non-hydrogen) atoms. The number of ether oxygens (including phenoxy) is 1. The molecule has 4 rings (SSSR count). The van der Waals surface area contributed by atoms with Crippen LogP contribution in [0.2, 0.25) is 5.02 Å². The third-order valence-electron chi connectivity index (χ3n) is 5.00. The highest BCUT2D eigenvalue weighted by molar-refractivity contribution is 8.00. The number of halogens is 1. The fourth-order valence-corrected chi connectivity index (χ4v) is 6.17. The molecule has 0 spiro atoms. The molecule has 0 unspecified atom stereocenters. The van der Waals surface area contributed by atoms with Crippen molar-refractivity contribution in [2.24, 2.45) is 5.92 Å². The molecule has 0 fully saturated rings. The lowest BCUT2D eigenvalue weighted by atomic mass is 9.78. The molecule has 0 aliphatic carbocycles. The van der Waals surface area contributed by atoms with E-state index in [1.165, 1.54) is 7.11 Å². The van der Waals surface area contributed by atoms with E-state index in [-0.39, 0.29) is 10.7 Å². The highest BCUT2D eigenvalue weighted by atomic mass is 35.5. The predicted octanol–water partition coefficient (Wildman–Crippen LogP) is 4.29. The first-order valence-corrected chi connectivity index (χ1v) is 11.0. The number of thiazole rings is 1. The molecule has 154 valence electrons. The third-order valence-corrected chi connectivity index (χ3v) is 7.66. The van der Waals surface area contributed by atoms with Crippen LogP contribution in [0.25, 0.3) is 0 Å². The summed E-state index contributed by atoms with van der Waals surface area (Å²) in [7, 11) is 1.53. The van der Waals surface area contributed by atoms with Crippen molar-refractivity contribution in [3.8, 4) is 5.75 Å². The van der Waals surface area contributed by atoms with Gasteiger partial charge in [0.05, 0.1) is 18.1 Å². The Labute approximate surface area is 184 Å². The van der Waals surface area contributed by atoms with Crippen molar-refractivity contribution >= 4 is 46.5 Å². The lowest BCUT2D eigenvalue weighted by Crippen LogP contribution is -2.39. The topological polar surface area (TPSA) is 96.5 Å². The number of thioether (sulfide) groups is 1. The molecule has 0 saturated heterocycles. The predicted molar refractivity (Wildman–Crippen MR) is 116 cm³/mol. The van der Waals surface area contributed by atoms with Crippen LogP contribution in [0.15, 0.2) is 58.4 Å². The van der Waals surface area contributed by atoms with Gasteiger partial charge in [-0.2, -0.15) is 0 Å². The maximum absolute atomic E-state index is 13.6. The second kappa shape index (κ2) is 8.29. The van der Waals surface area contributed by atoms with E-state index < -0.39 is 23.1 Å². The minimum atomic E-state index is -1.11. The number of methoxy groups -OCH3 is 1. The van der Waals surface area contributed by atoms with Gasteiger partial charge in [-0.1, -0.05) is 46.8 Å². The molecule has 3 atom stereocenters. The number of aromatic amines is 1. The Morgan fingerprint density at radius 2 is 1.77 bits per heavy atom. The normalized spacial score (nSPS) is 20.4. The average molecular weight is 462 g/mol. The van der Waals surface area contributed by atoms with Crippen LogP contribution in [0, 0.1) is 5.92 Å². The van der Waals surface area contributed by atoms with Gasteiger partial charge in [-0.25, -0.2) is 0 Å². The fraction of sp³-hybridized carbons (Fsp3) is 0.190. The number of aromatic nitrogens is 1. The minimum Gasteiger partial charge on any atom is -0.497 e. The molecule has 0 saturated carbocycles. The Bertz CT molecular complexity index is 1150. The average Bonchev–Trinajstić information content (AvgIpc) is 3.12. The van der Waals surface area contributed by atoms with Crippen molar-refractivity contribution in [2.75, 3.05) is 7.11 Å². The van der Waals surface area contributed by atoms with Gasteiger partial charge in [-0.3, -0.25) is 14.4 Å². The number of carbonyl (C=O) groups is 2. The number of hydrogen-bond acceptors (Lipinski definition) is 6. The summed E-state index contributed by atoms with van der Waals surface area (Å²) in [6.07, 6.45) is 0. The van der Waals surface area contributed by atoms with Crippen LogP contribution in [-0.4, -0.2) is 34.2 Å². The number of carboxylic acid groups (broad SMARTS) is 1. The molecule has 1 aliphatic rings. The summed E-state index contributed by atoms with van der Waals surface area (Å²) in [4.78, 5) is 40.9. The van der Waals surface area contributed by atoms with E-state index in [0.29, 0.717) is 26.2 Å². The molecule has 2 aromatic carbocycles. The lowest BCUT2D eigenvalue weighted by molar-refractivity contribution is -0.137. The van der Waals surface area contributed by atoms with Crippen molar-refractivity contribution in [1.82, 2.24) is 4.98 Å². The number of H-pyrrole nitrogens is 1. The first-order chi connectivity index (χ1) is 14.4. The van der Waals surface area contributed by atoms with Crippen LogP contribution < -0.4 is 9.61 Å². The van der Waals surface area contributed by atoms with Crippen molar-refractivity contribution in [3.05, 3.63) is 79.2 Å². The Balaban J connectivity index is 1.87. The first-order valence-electron chi connectivity index (χ1n) is 8.95. The molecule has 1 aliphatic heterocycles. The van der Waals surface area contributed by atoms with Gasteiger partial charge < -0.3 is 14.8 Å². The molecule has 9 heteroatoms. The van der Waals surface area contributed by atoms with Crippen molar-refractivity contribution in [3.63, 3.8) is 0 Å². The lowest BCUT2D eigenvalue weighted by Gasteiger charge is -2.34. The number of rotatable bonds is 5. The molecule has 2 heterocycles. The van der Waals surface area contributed by atoms with Gasteiger partial charge in [0.25, 0.3) is 0 Å². The Kier molecular flexibility index (Phi) is 5.73. The Morgan fingerprint density at radius 3 is 2.37 bits per heavy atom. The number of nitrogens with one attached hydrogen (secondary N) is 1. The summed E-state index contributed by atoms with van der Waals surface area (Å²) in [5.41, 5.74) is 1.12. The van der Waals surface area contributed by atoms with Crippen LogP contribution in [0.4, 0.5) is 0 Å². The molecule has 1 aromatic heterocycles. The van der Waals surface area contributed by atoms with E-state index in [9.17, 15) is 19.5 Å². The van der Waals surface area contributed by atoms with Crippen LogP contribution >= 0.6 is 34.7 Å². The molecule has 2 N–H and O–H groups in total. The molecular formula is C21H16ClNO5S2. The second-order valence-corrected chi connectivity index (χ2v) is 9.34. The molecule has 3 aromatic rings. The van der Waals surface area contributed by atoms with Crippen LogP contribution in [-0.2, 0) is 4.79 Å². The number of carboxylic acids is 1. The van der Waals surface area contributed by atoms with Crippen molar-refractivity contribution < 1.29 is 19.4 Å². The van der Waals surface area contributed by atoms with Gasteiger partial charge in [0.15, 0.2) is 5.78 Å². The van der Waals surface area contributed by atoms with Gasteiger partial charge in [-0.05, 0) is 42.0 Å². The smallest absolute Gasteiger partial charge is 0.317 e. The number of carbonyl (C=O) groups excluding carboxylic acids is 1. The molecule has 0 amide bonds. The van der Waals surface area contributed by atoms with E-state index in [1.807, 2.05) is 0 Å². The van der Waals surface area contributed by atoms with Gasteiger partial charge in [0, 0.05) is 21.4 Å². The minimum absolute atomic E-state index is 0.284. The summed E-state index contributed by atoms with van der Waals surface area (Å²) >= 11 is 8.04. The van der Waals surface area contributed by atoms with Gasteiger partial charge in [0.1, 0.15) is 11.0 Å². The Morgan fingerprint density at radius 1 is 1.10 bits per heavy atom. The van der Waals surface area contributed by atoms with E-state index in [2.05, 4.69) is 4.98 Å². The van der Waals surface area contributed by atoms with Crippen LogP contribution in [0.1, 0.15) is 26.7 Å². The van der Waals surface area contributed by atoms with Crippen LogP contribution in [0.3, 0.4) is 0 Å². The maximum Gasteiger partial charge on any atom is 0.317 e. The van der Waals surface area contributed by atoms with Gasteiger partial charge in [-0.15, -0.1) is 0 Å². The zero-order valence-corrected chi connectivity index (χ0v) is 18.0. The molecule has 6 nitrogen and oxygen atoms in total. The quantitative estimate of drug-likeness (QED) is 0.550. The highest BCUT2D eigenvalue weighted by Gasteiger charge is 2.47. The fourth-order valence-electron chi connectivity index (χ4n) is 3.63. The summed E-state index contributed by atoms with van der Waals surface area (Å²) in [5.74, 6) is -2.30. The second-order valence-electron chi connectivity index (χ2n) is 6.73. The van der Waals surface area contributed by atoms with Crippen molar-refractivity contribution in [1.29, 1.82) is 0 Å². The van der Waals surface area contributed by atoms with Gasteiger partial charge in [0.2, 0.25) is 0 Å². The number of Topliss-reactive ketones (excluding diaryl/α,β-unsaturated/α-hetero) is 1. The summed E-state index contributed by atoms with van der Waals surface area (Å²) in [6, 6.07) is 13.5. The number of hydrogen-bond donors (Lipinski definition) is 2. The summed E-state index contributed by atoms with van der Waals surface area (Å²) < 4.78 is 5.15. The first kappa shape index (κ1) is 20.7. The summed E-state index contributed by atoms with van der Waals surface area (Å²) in [5, 5.41) is 9.89. The van der Waals surface area contributed by atoms with Crippen molar-refractivity contribution in [2.45, 2.75) is 16.2 Å². The monoisotopic (exact) mass is 461 g/mol. The van der Waals surface area contributed by atoms with E-state index in [0.717, 1.165) is 28.7 Å². The zero-order chi connectivity index (χ0) is 21.4. The molecular weight excluding hydrogens is 446 g/mol. The van der Waals surface area contributed by atoms with Crippen LogP contribution in [0.5, 0.6) is 5.75 Å². The Hall–Kier alpha value is -2.55. The largest absolute Gasteiger partial charge is 0.497 e. The standard InChI is InChI=1S/C21H16ClNO5S2/c1-28-13-8-4-11(5-9-13)16(24)15-14(10-2-6-12(22)7-3-10)17-19(23-21(27)30-17)29-18(15)20(25)26/h2-9,14-15,18H,1H3,(H,23,27)(H,25,26)/t14-,15-,18+/m0/s1. The molecule has 0 radical (unpaired) electrons. The number of aliphatic carboxylic acids is 1. The third kappa shape index (κ3) is 3.78. The van der Waals surface area contributed by atoms with E-state index >= 15 is 0 Å². The summed E-state index contributed by atoms with van der Waals surface area (Å²) in [6.45, 7) is 0. The zero-order valence-electron chi connectivity index (χ0n) is 15.6. The van der Waals surface area contributed by atoms with E-state index in [4.69, 9.17) is 16.3 Å². The van der Waals surface area contributed by atoms with E-state index in [1.54, 1.807) is 48.5 Å². The number of fused-ring (bicyclic) bond motifs is 1. The maximum atomic E-state index is 13.6. The molecule has 0 bridgehead atoms. The number of benzene rings is 2.